The number of rotatable bonds is 6. The summed E-state index contributed by atoms with van der Waals surface area (Å²) in [6.45, 7) is 8.23. The van der Waals surface area contributed by atoms with Crippen molar-refractivity contribution in [1.82, 2.24) is 0 Å². The fourth-order valence-corrected chi connectivity index (χ4v) is 7.50. The lowest BCUT2D eigenvalue weighted by molar-refractivity contribution is -0.165. The quantitative estimate of drug-likeness (QED) is 0.505. The van der Waals surface area contributed by atoms with E-state index in [1.165, 1.54) is 44.1 Å². The van der Waals surface area contributed by atoms with Crippen LogP contribution in [0.2, 0.25) is 0 Å². The summed E-state index contributed by atoms with van der Waals surface area (Å²) in [5.74, 6) is 3.53. The van der Waals surface area contributed by atoms with Crippen molar-refractivity contribution in [3.63, 3.8) is 0 Å². The largest absolute Gasteiger partial charge is 0.491 e. The molecule has 0 aromatic heterocycles. The van der Waals surface area contributed by atoms with Crippen LogP contribution in [0, 0.1) is 23.2 Å². The third-order valence-electron chi connectivity index (χ3n) is 9.06. The van der Waals surface area contributed by atoms with Gasteiger partial charge < -0.3 is 14.2 Å². The lowest BCUT2D eigenvalue weighted by atomic mass is 9.54. The summed E-state index contributed by atoms with van der Waals surface area (Å²) in [5, 5.41) is 0. The van der Waals surface area contributed by atoms with Gasteiger partial charge in [0.2, 0.25) is 0 Å². The van der Waals surface area contributed by atoms with Crippen LogP contribution in [0.5, 0.6) is 5.75 Å². The third kappa shape index (κ3) is 4.14. The first-order valence-corrected chi connectivity index (χ1v) is 13.0. The minimum atomic E-state index is 0.0153. The maximum absolute atomic E-state index is 13.2. The fraction of sp³-hybridized carbons (Fsp3) is 0.750. The molecule has 1 aliphatic heterocycles. The van der Waals surface area contributed by atoms with Gasteiger partial charge in [-0.15, -0.1) is 0 Å². The van der Waals surface area contributed by atoms with Crippen molar-refractivity contribution in [3.05, 3.63) is 29.3 Å². The van der Waals surface area contributed by atoms with Crippen LogP contribution in [0.15, 0.2) is 18.2 Å². The van der Waals surface area contributed by atoms with E-state index in [0.29, 0.717) is 41.3 Å². The summed E-state index contributed by atoms with van der Waals surface area (Å²) in [5.41, 5.74) is 2.55. The van der Waals surface area contributed by atoms with E-state index in [4.69, 9.17) is 14.2 Å². The summed E-state index contributed by atoms with van der Waals surface area (Å²) in [6.07, 6.45) is 10.4. The van der Waals surface area contributed by atoms with Crippen molar-refractivity contribution in [3.8, 4) is 5.75 Å². The molecular weight excluding hydrogens is 400 g/mol. The molecule has 5 rings (SSSR count). The Balaban J connectivity index is 1.27. The van der Waals surface area contributed by atoms with E-state index in [-0.39, 0.29) is 12.4 Å². The van der Waals surface area contributed by atoms with Crippen LogP contribution in [0.4, 0.5) is 0 Å². The van der Waals surface area contributed by atoms with Gasteiger partial charge >= 0.3 is 0 Å². The normalized spacial score (nSPS) is 36.5. The zero-order chi connectivity index (χ0) is 22.3. The fourth-order valence-electron chi connectivity index (χ4n) is 7.50. The van der Waals surface area contributed by atoms with Gasteiger partial charge in [-0.3, -0.25) is 4.79 Å². The molecule has 3 fully saturated rings. The lowest BCUT2D eigenvalue weighted by Gasteiger charge is -2.50. The van der Waals surface area contributed by atoms with Crippen LogP contribution in [0.1, 0.15) is 100 Å². The molecule has 4 aliphatic rings. The second-order valence-corrected chi connectivity index (χ2v) is 11.2. The van der Waals surface area contributed by atoms with Crippen LogP contribution in [-0.4, -0.2) is 31.4 Å². The Morgan fingerprint density at radius 2 is 2.03 bits per heavy atom. The topological polar surface area (TPSA) is 44.8 Å². The van der Waals surface area contributed by atoms with Gasteiger partial charge in [-0.1, -0.05) is 13.0 Å². The summed E-state index contributed by atoms with van der Waals surface area (Å²) in [4.78, 5) is 13.2. The Labute approximate surface area is 193 Å². The zero-order valence-corrected chi connectivity index (χ0v) is 20.1. The summed E-state index contributed by atoms with van der Waals surface area (Å²) < 4.78 is 17.7. The maximum Gasteiger partial charge on any atom is 0.163 e. The maximum atomic E-state index is 13.2. The minimum Gasteiger partial charge on any atom is -0.491 e. The van der Waals surface area contributed by atoms with E-state index in [1.807, 2.05) is 19.9 Å². The number of benzene rings is 1. The molecule has 1 saturated heterocycles. The monoisotopic (exact) mass is 440 g/mol. The predicted molar refractivity (Wildman–Crippen MR) is 125 cm³/mol. The molecule has 4 heteroatoms. The van der Waals surface area contributed by atoms with E-state index in [2.05, 4.69) is 19.1 Å². The number of hydrogen-bond donors (Lipinski definition) is 0. The van der Waals surface area contributed by atoms with Crippen molar-refractivity contribution in [2.45, 2.75) is 96.9 Å². The molecule has 0 radical (unpaired) electrons. The molecule has 1 aromatic carbocycles. The Bertz CT molecular complexity index is 827. The van der Waals surface area contributed by atoms with E-state index < -0.39 is 0 Å². The number of ether oxygens (including phenoxy) is 3. The Hall–Kier alpha value is -1.39. The van der Waals surface area contributed by atoms with Crippen LogP contribution < -0.4 is 4.74 Å². The summed E-state index contributed by atoms with van der Waals surface area (Å²) >= 11 is 0. The van der Waals surface area contributed by atoms with Gasteiger partial charge in [-0.2, -0.15) is 0 Å². The van der Waals surface area contributed by atoms with E-state index >= 15 is 0 Å². The highest BCUT2D eigenvalue weighted by molar-refractivity contribution is 5.99. The zero-order valence-electron chi connectivity index (χ0n) is 20.1. The SMILES string of the molecule is CC(C)Oc1ccc2c(c1)C(=O)C[C@@H]1[C@@H]2CC[C@]2(C)[C@@H](CCOC3CCCCO3)CC[C@@H]12. The first kappa shape index (κ1) is 22.4. The number of ketones is 1. The number of hydrogen-bond acceptors (Lipinski definition) is 4. The van der Waals surface area contributed by atoms with Crippen molar-refractivity contribution in [1.29, 1.82) is 0 Å². The van der Waals surface area contributed by atoms with Gasteiger partial charge in [0.05, 0.1) is 12.7 Å². The molecule has 0 N–H and O–H groups in total. The van der Waals surface area contributed by atoms with Gasteiger partial charge in [-0.25, -0.2) is 0 Å². The summed E-state index contributed by atoms with van der Waals surface area (Å²) in [6, 6.07) is 6.27. The highest BCUT2D eigenvalue weighted by Crippen LogP contribution is 2.63. The van der Waals surface area contributed by atoms with Crippen molar-refractivity contribution in [2.75, 3.05) is 13.2 Å². The Morgan fingerprint density at radius 1 is 1.16 bits per heavy atom. The predicted octanol–water partition coefficient (Wildman–Crippen LogP) is 6.52. The van der Waals surface area contributed by atoms with Crippen LogP contribution in [0.25, 0.3) is 0 Å². The van der Waals surface area contributed by atoms with Crippen LogP contribution >= 0.6 is 0 Å². The van der Waals surface area contributed by atoms with Gasteiger partial charge in [0, 0.05) is 18.6 Å². The molecule has 0 spiro atoms. The number of Topliss-reactive ketones (excluding diaryl/α,β-unsaturated/α-hetero) is 1. The Kier molecular flexibility index (Phi) is 6.37. The first-order chi connectivity index (χ1) is 15.5. The van der Waals surface area contributed by atoms with Gasteiger partial charge in [0.15, 0.2) is 12.1 Å². The van der Waals surface area contributed by atoms with Gasteiger partial charge in [0.1, 0.15) is 5.75 Å². The average Bonchev–Trinajstić information content (AvgIpc) is 3.11. The second-order valence-electron chi connectivity index (χ2n) is 11.2. The van der Waals surface area contributed by atoms with Crippen LogP contribution in [-0.2, 0) is 9.47 Å². The highest BCUT2D eigenvalue weighted by Gasteiger charge is 2.55. The Morgan fingerprint density at radius 3 is 2.81 bits per heavy atom. The lowest BCUT2D eigenvalue weighted by Crippen LogP contribution is -2.43. The molecule has 3 aliphatic carbocycles. The molecule has 1 aromatic rings. The summed E-state index contributed by atoms with van der Waals surface area (Å²) in [7, 11) is 0. The minimum absolute atomic E-state index is 0.0153. The van der Waals surface area contributed by atoms with E-state index in [9.17, 15) is 4.79 Å². The molecular formula is C28H40O4. The van der Waals surface area contributed by atoms with Gasteiger partial charge in [-0.05, 0) is 112 Å². The standard InChI is InChI=1S/C28H40O4/c1-18(2)32-20-8-9-21-22-11-13-28(3)19(12-15-31-27-6-4-5-14-30-27)7-10-25(28)23(22)17-26(29)24(21)16-20/h8-9,16,18-19,22-23,25,27H,4-7,10-15,17H2,1-3H3/t19-,22-,23-,25+,27?,28-/m1/s1. The molecule has 0 bridgehead atoms. The van der Waals surface area contributed by atoms with E-state index in [1.54, 1.807) is 0 Å². The molecule has 1 heterocycles. The number of carbonyl (C=O) groups excluding carboxylic acids is 1. The van der Waals surface area contributed by atoms with Crippen LogP contribution in [0.3, 0.4) is 0 Å². The van der Waals surface area contributed by atoms with Crippen molar-refractivity contribution < 1.29 is 19.0 Å². The first-order valence-electron chi connectivity index (χ1n) is 13.0. The smallest absolute Gasteiger partial charge is 0.163 e. The molecule has 1 unspecified atom stereocenters. The molecule has 176 valence electrons. The molecule has 32 heavy (non-hydrogen) atoms. The van der Waals surface area contributed by atoms with Gasteiger partial charge in [0.25, 0.3) is 0 Å². The molecule has 2 saturated carbocycles. The molecule has 0 amide bonds. The molecule has 6 atom stereocenters. The number of fused-ring (bicyclic) bond motifs is 5. The average molecular weight is 441 g/mol. The third-order valence-corrected chi connectivity index (χ3v) is 9.06. The van der Waals surface area contributed by atoms with Crippen molar-refractivity contribution >= 4 is 5.78 Å². The van der Waals surface area contributed by atoms with Crippen molar-refractivity contribution in [2.24, 2.45) is 23.2 Å². The van der Waals surface area contributed by atoms with E-state index in [0.717, 1.165) is 37.4 Å². The second kappa shape index (κ2) is 9.10. The molecule has 4 nitrogen and oxygen atoms in total. The highest BCUT2D eigenvalue weighted by atomic mass is 16.7. The number of carbonyl (C=O) groups is 1.